The third-order valence-corrected chi connectivity index (χ3v) is 2.86. The van der Waals surface area contributed by atoms with E-state index in [2.05, 4.69) is 18.8 Å². The lowest BCUT2D eigenvalue weighted by Crippen LogP contribution is -2.47. The van der Waals surface area contributed by atoms with Gasteiger partial charge in [0.1, 0.15) is 10.3 Å². The Kier molecular flexibility index (Phi) is 3.45. The van der Waals surface area contributed by atoms with E-state index in [4.69, 9.17) is 32.5 Å². The van der Waals surface area contributed by atoms with Gasteiger partial charge in [0.05, 0.1) is 0 Å². The Balaban J connectivity index is 2.14. The second kappa shape index (κ2) is 4.53. The van der Waals surface area contributed by atoms with Crippen LogP contribution in [0.1, 0.15) is 13.8 Å². The van der Waals surface area contributed by atoms with E-state index in [1.165, 1.54) is 0 Å². The molecule has 0 aromatic carbocycles. The van der Waals surface area contributed by atoms with E-state index >= 15 is 0 Å². The number of aromatic nitrogens is 1. The number of halogens is 2. The van der Waals surface area contributed by atoms with Crippen LogP contribution in [0, 0.1) is 5.41 Å². The summed E-state index contributed by atoms with van der Waals surface area (Å²) in [5.41, 5.74) is 0.768. The maximum absolute atomic E-state index is 5.98. The van der Waals surface area contributed by atoms with Gasteiger partial charge in [0.2, 0.25) is 0 Å². The summed E-state index contributed by atoms with van der Waals surface area (Å²) in [6.45, 7) is 5.45. The molecule has 1 aromatic heterocycles. The molecule has 2 rings (SSSR count). The van der Waals surface area contributed by atoms with Crippen molar-refractivity contribution >= 4 is 35.8 Å². The molecule has 1 fully saturated rings. The lowest BCUT2D eigenvalue weighted by atomic mass is 9.77. The fourth-order valence-electron chi connectivity index (χ4n) is 1.47. The molecule has 0 saturated carbocycles. The summed E-state index contributed by atoms with van der Waals surface area (Å²) in [6.07, 6.45) is 0. The minimum absolute atomic E-state index is 0.0445. The van der Waals surface area contributed by atoms with E-state index in [9.17, 15) is 0 Å². The molecule has 0 radical (unpaired) electrons. The van der Waals surface area contributed by atoms with Crippen LogP contribution in [-0.2, 0) is 9.31 Å². The van der Waals surface area contributed by atoms with Crippen LogP contribution in [0.4, 0.5) is 0 Å². The first-order chi connectivity index (χ1) is 7.48. The molecule has 86 valence electrons. The molecule has 1 aliphatic heterocycles. The summed E-state index contributed by atoms with van der Waals surface area (Å²) in [5.74, 6) is 0. The first-order valence-electron chi connectivity index (χ1n) is 5.03. The van der Waals surface area contributed by atoms with Crippen molar-refractivity contribution in [3.8, 4) is 0 Å². The summed E-state index contributed by atoms with van der Waals surface area (Å²) >= 11 is 11.7. The van der Waals surface area contributed by atoms with Gasteiger partial charge in [0.25, 0.3) is 0 Å². The number of hydrogen-bond acceptors (Lipinski definition) is 3. The van der Waals surface area contributed by atoms with Crippen molar-refractivity contribution in [1.29, 1.82) is 0 Å². The van der Waals surface area contributed by atoms with E-state index in [1.54, 1.807) is 12.1 Å². The molecule has 0 bridgehead atoms. The molecule has 0 N–H and O–H groups in total. The Morgan fingerprint density at radius 2 is 1.88 bits per heavy atom. The Labute approximate surface area is 105 Å². The van der Waals surface area contributed by atoms with E-state index in [0.29, 0.717) is 23.5 Å². The quantitative estimate of drug-likeness (QED) is 0.572. The van der Waals surface area contributed by atoms with Gasteiger partial charge < -0.3 is 9.31 Å². The highest BCUT2D eigenvalue weighted by Crippen LogP contribution is 2.22. The van der Waals surface area contributed by atoms with Gasteiger partial charge in [-0.1, -0.05) is 43.1 Å². The van der Waals surface area contributed by atoms with E-state index in [1.807, 2.05) is 0 Å². The van der Waals surface area contributed by atoms with E-state index in [-0.39, 0.29) is 5.41 Å². The molecule has 2 heterocycles. The lowest BCUT2D eigenvalue weighted by Gasteiger charge is -2.33. The van der Waals surface area contributed by atoms with Crippen LogP contribution in [0.2, 0.25) is 10.3 Å². The van der Waals surface area contributed by atoms with Crippen LogP contribution in [0.5, 0.6) is 0 Å². The molecule has 1 aromatic rings. The smallest absolute Gasteiger partial charge is 0.407 e. The molecular formula is C10H12BCl2NO2. The van der Waals surface area contributed by atoms with E-state index < -0.39 is 7.12 Å². The zero-order chi connectivity index (χ0) is 11.8. The number of rotatable bonds is 1. The second-order valence-corrected chi connectivity index (χ2v) is 5.38. The van der Waals surface area contributed by atoms with Crippen molar-refractivity contribution in [3.63, 3.8) is 0 Å². The monoisotopic (exact) mass is 259 g/mol. The molecule has 3 nitrogen and oxygen atoms in total. The van der Waals surface area contributed by atoms with Crippen molar-refractivity contribution < 1.29 is 9.31 Å². The number of nitrogens with zero attached hydrogens (tertiary/aromatic N) is 1. The largest absolute Gasteiger partial charge is 0.497 e. The lowest BCUT2D eigenvalue weighted by molar-refractivity contribution is 0.0343. The Hall–Kier alpha value is -0.285. The molecule has 1 saturated heterocycles. The second-order valence-electron chi connectivity index (χ2n) is 4.63. The van der Waals surface area contributed by atoms with Crippen molar-refractivity contribution in [2.45, 2.75) is 13.8 Å². The van der Waals surface area contributed by atoms with Gasteiger partial charge in [-0.3, -0.25) is 0 Å². The van der Waals surface area contributed by atoms with Crippen LogP contribution in [0.3, 0.4) is 0 Å². The van der Waals surface area contributed by atoms with Crippen molar-refractivity contribution in [2.75, 3.05) is 13.2 Å². The summed E-state index contributed by atoms with van der Waals surface area (Å²) in [6, 6.07) is 3.45. The summed E-state index contributed by atoms with van der Waals surface area (Å²) in [5, 5.41) is 0.696. The standard InChI is InChI=1S/C10H12BCl2NO2/c1-10(2)5-15-11(16-6-10)7-3-4-8(12)14-9(7)13/h3-4H,5-6H2,1-2H3. The highest BCUT2D eigenvalue weighted by atomic mass is 35.5. The topological polar surface area (TPSA) is 31.4 Å². The summed E-state index contributed by atoms with van der Waals surface area (Å²) in [4.78, 5) is 3.96. The molecule has 16 heavy (non-hydrogen) atoms. The van der Waals surface area contributed by atoms with Crippen molar-refractivity contribution in [3.05, 3.63) is 22.4 Å². The fraction of sp³-hybridized carbons (Fsp3) is 0.500. The van der Waals surface area contributed by atoms with Crippen LogP contribution < -0.4 is 5.46 Å². The zero-order valence-electron chi connectivity index (χ0n) is 9.17. The average molecular weight is 260 g/mol. The molecule has 0 amide bonds. The van der Waals surface area contributed by atoms with Gasteiger partial charge in [-0.25, -0.2) is 4.98 Å². The Morgan fingerprint density at radius 3 is 2.44 bits per heavy atom. The fourth-order valence-corrected chi connectivity index (χ4v) is 1.90. The number of pyridine rings is 1. The molecule has 0 unspecified atom stereocenters. The normalized spacial score (nSPS) is 19.9. The maximum atomic E-state index is 5.98. The predicted octanol–water partition coefficient (Wildman–Crippen LogP) is 2.16. The maximum Gasteiger partial charge on any atom is 0.497 e. The molecular weight excluding hydrogens is 248 g/mol. The highest BCUT2D eigenvalue weighted by Gasteiger charge is 2.34. The van der Waals surface area contributed by atoms with Crippen molar-refractivity contribution in [2.24, 2.45) is 5.41 Å². The summed E-state index contributed by atoms with van der Waals surface area (Å²) < 4.78 is 11.2. The molecule has 0 spiro atoms. The van der Waals surface area contributed by atoms with Gasteiger partial charge in [-0.15, -0.1) is 0 Å². The average Bonchev–Trinajstić information content (AvgIpc) is 2.19. The number of hydrogen-bond donors (Lipinski definition) is 0. The van der Waals surface area contributed by atoms with Crippen LogP contribution in [0.25, 0.3) is 0 Å². The summed E-state index contributed by atoms with van der Waals surface area (Å²) in [7, 11) is -0.440. The highest BCUT2D eigenvalue weighted by molar-refractivity contribution is 6.64. The van der Waals surface area contributed by atoms with Gasteiger partial charge in [-0.05, 0) is 6.07 Å². The zero-order valence-corrected chi connectivity index (χ0v) is 10.7. The SMILES string of the molecule is CC1(C)COB(c2ccc(Cl)nc2Cl)OC1. The predicted molar refractivity (Wildman–Crippen MR) is 65.3 cm³/mol. The van der Waals surface area contributed by atoms with Crippen molar-refractivity contribution in [1.82, 2.24) is 4.98 Å². The third kappa shape index (κ3) is 2.69. The minimum Gasteiger partial charge on any atom is -0.407 e. The first kappa shape index (κ1) is 12.2. The Bertz CT molecular complexity index is 390. The molecule has 1 aliphatic rings. The van der Waals surface area contributed by atoms with Crippen LogP contribution >= 0.6 is 23.2 Å². The van der Waals surface area contributed by atoms with E-state index in [0.717, 1.165) is 5.46 Å². The van der Waals surface area contributed by atoms with Gasteiger partial charge in [0, 0.05) is 24.1 Å². The van der Waals surface area contributed by atoms with Gasteiger partial charge in [-0.2, -0.15) is 0 Å². The molecule has 0 atom stereocenters. The van der Waals surface area contributed by atoms with Crippen LogP contribution in [-0.4, -0.2) is 25.3 Å². The Morgan fingerprint density at radius 1 is 1.25 bits per heavy atom. The minimum atomic E-state index is -0.440. The molecule has 0 aliphatic carbocycles. The van der Waals surface area contributed by atoms with Crippen LogP contribution in [0.15, 0.2) is 12.1 Å². The third-order valence-electron chi connectivity index (χ3n) is 2.35. The van der Waals surface area contributed by atoms with Gasteiger partial charge in [0.15, 0.2) is 0 Å². The first-order valence-corrected chi connectivity index (χ1v) is 5.79. The van der Waals surface area contributed by atoms with Gasteiger partial charge >= 0.3 is 7.12 Å². The molecule has 6 heteroatoms.